The van der Waals surface area contributed by atoms with Crippen LogP contribution in [-0.4, -0.2) is 10.1 Å². The summed E-state index contributed by atoms with van der Waals surface area (Å²) < 4.78 is 0. The highest BCUT2D eigenvalue weighted by molar-refractivity contribution is 7.80. The van der Waals surface area contributed by atoms with Crippen LogP contribution in [0.15, 0.2) is 17.7 Å². The molecule has 0 bridgehead atoms. The van der Waals surface area contributed by atoms with Crippen LogP contribution in [0.25, 0.3) is 6.08 Å². The molecule has 0 radical (unpaired) electrons. The van der Waals surface area contributed by atoms with E-state index in [-0.39, 0.29) is 16.3 Å². The molecular weight excluding hydrogens is 244 g/mol. The molecule has 1 aromatic rings. The quantitative estimate of drug-likeness (QED) is 0.485. The third-order valence-electron chi connectivity index (χ3n) is 3.17. The summed E-state index contributed by atoms with van der Waals surface area (Å²) >= 11 is 4.83. The fraction of sp³-hybridized carbons (Fsp3) is 0.286. The van der Waals surface area contributed by atoms with Crippen molar-refractivity contribution in [3.63, 3.8) is 0 Å². The molecule has 4 heteroatoms. The van der Waals surface area contributed by atoms with Crippen molar-refractivity contribution >= 4 is 23.3 Å². The van der Waals surface area contributed by atoms with Crippen molar-refractivity contribution in [2.45, 2.75) is 25.7 Å². The number of phenols is 1. The number of thiocarbonyl (C=S) groups is 1. The first-order valence-corrected chi connectivity index (χ1v) is 6.29. The highest BCUT2D eigenvalue weighted by Crippen LogP contribution is 2.30. The van der Waals surface area contributed by atoms with E-state index in [1.807, 2.05) is 6.07 Å². The summed E-state index contributed by atoms with van der Waals surface area (Å²) in [5.74, 6) is 0.224. The van der Waals surface area contributed by atoms with E-state index < -0.39 is 0 Å². The van der Waals surface area contributed by atoms with E-state index in [9.17, 15) is 5.11 Å². The largest absolute Gasteiger partial charge is 0.508 e. The van der Waals surface area contributed by atoms with Gasteiger partial charge in [0, 0.05) is 0 Å². The van der Waals surface area contributed by atoms with E-state index in [0.29, 0.717) is 0 Å². The Morgan fingerprint density at radius 2 is 2.11 bits per heavy atom. The van der Waals surface area contributed by atoms with E-state index in [0.717, 1.165) is 36.8 Å². The second-order valence-corrected chi connectivity index (χ2v) is 4.85. The van der Waals surface area contributed by atoms with E-state index in [4.69, 9.17) is 23.2 Å². The molecule has 3 N–H and O–H groups in total. The lowest BCUT2D eigenvalue weighted by molar-refractivity contribution is 0.473. The number of aromatic hydroxyl groups is 1. The molecule has 1 aliphatic rings. The molecule has 18 heavy (non-hydrogen) atoms. The number of rotatable bonds is 2. The maximum atomic E-state index is 9.72. The minimum absolute atomic E-state index is 0.0883. The molecule has 0 unspecified atom stereocenters. The van der Waals surface area contributed by atoms with Gasteiger partial charge in [-0.05, 0) is 60.6 Å². The summed E-state index contributed by atoms with van der Waals surface area (Å²) in [5.41, 5.74) is 8.98. The zero-order chi connectivity index (χ0) is 13.1. The third-order valence-corrected chi connectivity index (χ3v) is 3.39. The normalized spacial score (nSPS) is 14.7. The van der Waals surface area contributed by atoms with Crippen LogP contribution in [0.3, 0.4) is 0 Å². The first kappa shape index (κ1) is 12.6. The number of phenolic OH excluding ortho intramolecular Hbond substituents is 1. The zero-order valence-corrected chi connectivity index (χ0v) is 10.8. The molecule has 0 fully saturated rings. The molecule has 0 saturated heterocycles. The molecular formula is C14H14N2OS. The number of nitrogens with zero attached hydrogens (tertiary/aromatic N) is 1. The standard InChI is InChI=1S/C14H14N2OS/c15-8-11(14(16)18)5-10-7-12(17)6-9-3-1-2-4-13(9)10/h5-7,17H,1-4H2,(H2,16,18). The van der Waals surface area contributed by atoms with Gasteiger partial charge in [-0.15, -0.1) is 0 Å². The summed E-state index contributed by atoms with van der Waals surface area (Å²) in [6.07, 6.45) is 5.89. The van der Waals surface area contributed by atoms with Gasteiger partial charge in [-0.3, -0.25) is 0 Å². The number of nitrogens with two attached hydrogens (primary N) is 1. The molecule has 0 heterocycles. The molecule has 2 rings (SSSR count). The van der Waals surface area contributed by atoms with Crippen LogP contribution >= 0.6 is 12.2 Å². The van der Waals surface area contributed by atoms with Crippen LogP contribution in [0.2, 0.25) is 0 Å². The van der Waals surface area contributed by atoms with Crippen molar-refractivity contribution in [2.24, 2.45) is 5.73 Å². The summed E-state index contributed by atoms with van der Waals surface area (Å²) in [6.45, 7) is 0. The van der Waals surface area contributed by atoms with Crippen LogP contribution in [0.1, 0.15) is 29.5 Å². The lowest BCUT2D eigenvalue weighted by atomic mass is 9.87. The third kappa shape index (κ3) is 2.52. The lowest BCUT2D eigenvalue weighted by Crippen LogP contribution is -2.10. The topological polar surface area (TPSA) is 70.0 Å². The van der Waals surface area contributed by atoms with Crippen molar-refractivity contribution < 1.29 is 5.11 Å². The van der Waals surface area contributed by atoms with E-state index in [1.165, 1.54) is 5.56 Å². The summed E-state index contributed by atoms with van der Waals surface area (Å²) in [7, 11) is 0. The maximum Gasteiger partial charge on any atom is 0.116 e. The van der Waals surface area contributed by atoms with E-state index in [1.54, 1.807) is 18.2 Å². The highest BCUT2D eigenvalue weighted by Gasteiger charge is 2.14. The van der Waals surface area contributed by atoms with Gasteiger partial charge in [0.1, 0.15) is 16.8 Å². The van der Waals surface area contributed by atoms with Crippen LogP contribution in [-0.2, 0) is 12.8 Å². The highest BCUT2D eigenvalue weighted by atomic mass is 32.1. The number of aryl methyl sites for hydroxylation is 1. The Hall–Kier alpha value is -1.86. The molecule has 3 nitrogen and oxygen atoms in total. The lowest BCUT2D eigenvalue weighted by Gasteiger charge is -2.18. The second kappa shape index (κ2) is 5.19. The van der Waals surface area contributed by atoms with Gasteiger partial charge >= 0.3 is 0 Å². The monoisotopic (exact) mass is 258 g/mol. The van der Waals surface area contributed by atoms with Crippen LogP contribution in [0.4, 0.5) is 0 Å². The first-order chi connectivity index (χ1) is 8.61. The van der Waals surface area contributed by atoms with Crippen molar-refractivity contribution in [3.05, 3.63) is 34.4 Å². The molecule has 0 aliphatic heterocycles. The van der Waals surface area contributed by atoms with Gasteiger partial charge in [0.05, 0.1) is 5.57 Å². The van der Waals surface area contributed by atoms with Crippen molar-refractivity contribution in [3.8, 4) is 11.8 Å². The molecule has 0 saturated carbocycles. The van der Waals surface area contributed by atoms with Crippen LogP contribution in [0.5, 0.6) is 5.75 Å². The summed E-state index contributed by atoms with van der Waals surface area (Å²) in [5, 5.41) is 18.7. The molecule has 1 aromatic carbocycles. The molecule has 92 valence electrons. The van der Waals surface area contributed by atoms with Gasteiger partial charge < -0.3 is 10.8 Å². The number of benzene rings is 1. The van der Waals surface area contributed by atoms with Gasteiger partial charge in [0.2, 0.25) is 0 Å². The SMILES string of the molecule is N#CC(=Cc1cc(O)cc2c1CCCC2)C(N)=S. The molecule has 1 aliphatic carbocycles. The van der Waals surface area contributed by atoms with Crippen molar-refractivity contribution in [1.29, 1.82) is 5.26 Å². The Bertz CT molecular complexity index is 570. The predicted molar refractivity (Wildman–Crippen MR) is 75.1 cm³/mol. The fourth-order valence-electron chi connectivity index (χ4n) is 2.33. The van der Waals surface area contributed by atoms with Crippen LogP contribution in [0, 0.1) is 11.3 Å². The summed E-state index contributed by atoms with van der Waals surface area (Å²) in [6, 6.07) is 5.46. The van der Waals surface area contributed by atoms with E-state index >= 15 is 0 Å². The predicted octanol–water partition coefficient (Wildman–Crippen LogP) is 2.46. The number of hydrogen-bond acceptors (Lipinski definition) is 3. The summed E-state index contributed by atoms with van der Waals surface area (Å²) in [4.78, 5) is 0.0883. The Morgan fingerprint density at radius 3 is 2.78 bits per heavy atom. The van der Waals surface area contributed by atoms with Gasteiger partial charge in [0.25, 0.3) is 0 Å². The van der Waals surface area contributed by atoms with E-state index in [2.05, 4.69) is 0 Å². The minimum Gasteiger partial charge on any atom is -0.508 e. The molecule has 0 atom stereocenters. The molecule has 0 aromatic heterocycles. The maximum absolute atomic E-state index is 9.72. The Balaban J connectivity index is 2.54. The molecule has 0 spiro atoms. The number of fused-ring (bicyclic) bond motifs is 1. The average molecular weight is 258 g/mol. The van der Waals surface area contributed by atoms with Gasteiger partial charge in [0.15, 0.2) is 0 Å². The number of hydrogen-bond donors (Lipinski definition) is 2. The van der Waals surface area contributed by atoms with Gasteiger partial charge in [-0.2, -0.15) is 5.26 Å². The van der Waals surface area contributed by atoms with Crippen LogP contribution < -0.4 is 5.73 Å². The number of nitriles is 1. The Kier molecular flexibility index (Phi) is 3.63. The fourth-order valence-corrected chi connectivity index (χ4v) is 2.43. The smallest absolute Gasteiger partial charge is 0.116 e. The van der Waals surface area contributed by atoms with Crippen molar-refractivity contribution in [2.75, 3.05) is 0 Å². The van der Waals surface area contributed by atoms with Gasteiger partial charge in [-0.25, -0.2) is 0 Å². The second-order valence-electron chi connectivity index (χ2n) is 4.41. The Labute approximate surface area is 112 Å². The van der Waals surface area contributed by atoms with Gasteiger partial charge in [-0.1, -0.05) is 12.2 Å². The first-order valence-electron chi connectivity index (χ1n) is 5.88. The minimum atomic E-state index is 0.0883. The zero-order valence-electron chi connectivity index (χ0n) is 9.94. The van der Waals surface area contributed by atoms with Crippen molar-refractivity contribution in [1.82, 2.24) is 0 Å². The average Bonchev–Trinajstić information content (AvgIpc) is 2.35. The molecule has 0 amide bonds. The Morgan fingerprint density at radius 1 is 1.39 bits per heavy atom.